The number of halogens is 2. The van der Waals surface area contributed by atoms with E-state index in [-0.39, 0.29) is 11.7 Å². The van der Waals surface area contributed by atoms with E-state index in [1.165, 1.54) is 11.8 Å². The average molecular weight is 433 g/mol. The van der Waals surface area contributed by atoms with Crippen LogP contribution in [0.3, 0.4) is 0 Å². The highest BCUT2D eigenvalue weighted by atomic mass is 35.5. The van der Waals surface area contributed by atoms with Crippen molar-refractivity contribution < 1.29 is 4.79 Å². The summed E-state index contributed by atoms with van der Waals surface area (Å²) in [5.74, 6) is 0.739. The molecule has 3 aromatic rings. The predicted octanol–water partition coefficient (Wildman–Crippen LogP) is 5.48. The second kappa shape index (κ2) is 9.28. The summed E-state index contributed by atoms with van der Waals surface area (Å²) in [6.07, 6.45) is 1.75. The van der Waals surface area contributed by atoms with Crippen LogP contribution in [0.5, 0.6) is 0 Å². The van der Waals surface area contributed by atoms with E-state index in [1.807, 2.05) is 41.8 Å². The second-order valence-electron chi connectivity index (χ2n) is 6.04. The number of carbonyl (C=O) groups excluding carboxylic acids is 1. The van der Waals surface area contributed by atoms with Gasteiger partial charge in [0.05, 0.1) is 15.8 Å². The van der Waals surface area contributed by atoms with Gasteiger partial charge in [0.25, 0.3) is 0 Å². The van der Waals surface area contributed by atoms with Gasteiger partial charge < -0.3 is 5.32 Å². The van der Waals surface area contributed by atoms with E-state index < -0.39 is 0 Å². The zero-order chi connectivity index (χ0) is 20.1. The van der Waals surface area contributed by atoms with Gasteiger partial charge in [0.2, 0.25) is 5.91 Å². The maximum Gasteiger partial charge on any atom is 0.234 e. The summed E-state index contributed by atoms with van der Waals surface area (Å²) < 4.78 is 1.89. The number of amides is 1. The van der Waals surface area contributed by atoms with E-state index in [0.717, 1.165) is 16.8 Å². The molecule has 8 heteroatoms. The summed E-state index contributed by atoms with van der Waals surface area (Å²) in [7, 11) is 0. The second-order valence-corrected chi connectivity index (χ2v) is 7.79. The van der Waals surface area contributed by atoms with Crippen molar-refractivity contribution in [3.05, 3.63) is 70.7 Å². The third-order valence-electron chi connectivity index (χ3n) is 3.87. The number of aromatic nitrogens is 3. The minimum atomic E-state index is -0.113. The normalized spacial score (nSPS) is 10.7. The number of carbonyl (C=O) groups is 1. The van der Waals surface area contributed by atoms with Crippen molar-refractivity contribution >= 4 is 46.6 Å². The van der Waals surface area contributed by atoms with Crippen LogP contribution in [0, 0.1) is 6.92 Å². The summed E-state index contributed by atoms with van der Waals surface area (Å²) in [6, 6.07) is 12.9. The maximum atomic E-state index is 12.3. The van der Waals surface area contributed by atoms with Gasteiger partial charge >= 0.3 is 0 Å². The minimum Gasteiger partial charge on any atom is -0.325 e. The van der Waals surface area contributed by atoms with Crippen LogP contribution in [0.4, 0.5) is 5.69 Å². The molecule has 3 rings (SSSR count). The lowest BCUT2D eigenvalue weighted by Gasteiger charge is -2.09. The molecule has 0 spiro atoms. The number of thioether (sulfide) groups is 1. The first-order valence-electron chi connectivity index (χ1n) is 8.46. The molecule has 0 radical (unpaired) electrons. The fourth-order valence-corrected chi connectivity index (χ4v) is 3.55. The summed E-state index contributed by atoms with van der Waals surface area (Å²) in [4.78, 5) is 12.3. The number of anilines is 1. The number of aryl methyl sites for hydroxylation is 1. The first kappa shape index (κ1) is 20.5. The van der Waals surface area contributed by atoms with Crippen molar-refractivity contribution in [2.24, 2.45) is 0 Å². The first-order valence-corrected chi connectivity index (χ1v) is 10.2. The van der Waals surface area contributed by atoms with Crippen molar-refractivity contribution in [3.8, 4) is 11.4 Å². The molecule has 2 aromatic carbocycles. The topological polar surface area (TPSA) is 59.8 Å². The van der Waals surface area contributed by atoms with Crippen LogP contribution in [0.1, 0.15) is 5.56 Å². The SMILES string of the molecule is C=CCn1c(SCC(=O)Nc2ccc(C)cc2)nnc1-c1ccc(Cl)c(Cl)c1. The van der Waals surface area contributed by atoms with Crippen LogP contribution in [-0.4, -0.2) is 26.4 Å². The molecule has 5 nitrogen and oxygen atoms in total. The van der Waals surface area contributed by atoms with Gasteiger partial charge in [-0.2, -0.15) is 0 Å². The summed E-state index contributed by atoms with van der Waals surface area (Å²) in [5.41, 5.74) is 2.69. The number of allylic oxidation sites excluding steroid dienone is 1. The summed E-state index contributed by atoms with van der Waals surface area (Å²) in [6.45, 7) is 6.29. The van der Waals surface area contributed by atoms with E-state index in [0.29, 0.717) is 27.6 Å². The van der Waals surface area contributed by atoms with Crippen LogP contribution >= 0.6 is 35.0 Å². The fraction of sp³-hybridized carbons (Fsp3) is 0.150. The average Bonchev–Trinajstić information content (AvgIpc) is 3.07. The van der Waals surface area contributed by atoms with Gasteiger partial charge in [-0.25, -0.2) is 0 Å². The summed E-state index contributed by atoms with van der Waals surface area (Å²) in [5, 5.41) is 12.9. The molecule has 28 heavy (non-hydrogen) atoms. The third-order valence-corrected chi connectivity index (χ3v) is 5.58. The van der Waals surface area contributed by atoms with Gasteiger partial charge in [-0.3, -0.25) is 9.36 Å². The Hall–Kier alpha value is -2.28. The first-order chi connectivity index (χ1) is 13.5. The Bertz CT molecular complexity index is 1000. The maximum absolute atomic E-state index is 12.3. The molecule has 0 fully saturated rings. The van der Waals surface area contributed by atoms with Gasteiger partial charge in [-0.1, -0.05) is 58.7 Å². The largest absolute Gasteiger partial charge is 0.325 e. The van der Waals surface area contributed by atoms with Crippen LogP contribution in [-0.2, 0) is 11.3 Å². The number of nitrogens with one attached hydrogen (secondary N) is 1. The smallest absolute Gasteiger partial charge is 0.234 e. The Morgan fingerprint density at radius 2 is 1.93 bits per heavy atom. The van der Waals surface area contributed by atoms with Crippen LogP contribution in [0.25, 0.3) is 11.4 Å². The Labute approximate surface area is 177 Å². The van der Waals surface area contributed by atoms with E-state index >= 15 is 0 Å². The monoisotopic (exact) mass is 432 g/mol. The lowest BCUT2D eigenvalue weighted by Crippen LogP contribution is -2.14. The molecule has 144 valence electrons. The third kappa shape index (κ3) is 4.95. The number of rotatable bonds is 7. The molecular weight excluding hydrogens is 415 g/mol. The van der Waals surface area contributed by atoms with E-state index in [1.54, 1.807) is 18.2 Å². The van der Waals surface area contributed by atoms with Crippen molar-refractivity contribution in [1.29, 1.82) is 0 Å². The van der Waals surface area contributed by atoms with Gasteiger partial charge in [-0.15, -0.1) is 16.8 Å². The van der Waals surface area contributed by atoms with Gasteiger partial charge in [0, 0.05) is 17.8 Å². The Kier molecular flexibility index (Phi) is 6.78. The number of hydrogen-bond acceptors (Lipinski definition) is 4. The lowest BCUT2D eigenvalue weighted by molar-refractivity contribution is -0.113. The van der Waals surface area contributed by atoms with E-state index in [4.69, 9.17) is 23.2 Å². The highest BCUT2D eigenvalue weighted by Crippen LogP contribution is 2.29. The minimum absolute atomic E-state index is 0.113. The van der Waals surface area contributed by atoms with Crippen molar-refractivity contribution in [1.82, 2.24) is 14.8 Å². The van der Waals surface area contributed by atoms with Gasteiger partial charge in [0.15, 0.2) is 11.0 Å². The summed E-state index contributed by atoms with van der Waals surface area (Å²) >= 11 is 13.4. The van der Waals surface area contributed by atoms with Crippen LogP contribution in [0.15, 0.2) is 60.3 Å². The van der Waals surface area contributed by atoms with Gasteiger partial charge in [-0.05, 0) is 37.3 Å². The molecule has 0 bridgehead atoms. The van der Waals surface area contributed by atoms with Crippen LogP contribution in [0.2, 0.25) is 10.0 Å². The van der Waals surface area contributed by atoms with Crippen molar-refractivity contribution in [2.75, 3.05) is 11.1 Å². The fourth-order valence-electron chi connectivity index (χ4n) is 2.50. The molecule has 0 aliphatic carbocycles. The Morgan fingerprint density at radius 3 is 2.61 bits per heavy atom. The molecule has 1 N–H and O–H groups in total. The highest BCUT2D eigenvalue weighted by molar-refractivity contribution is 7.99. The molecule has 0 aliphatic rings. The molecule has 1 aromatic heterocycles. The molecule has 1 heterocycles. The molecular formula is C20H18Cl2N4OS. The Morgan fingerprint density at radius 1 is 1.18 bits per heavy atom. The molecule has 1 amide bonds. The van der Waals surface area contributed by atoms with Crippen LogP contribution < -0.4 is 5.32 Å². The molecule has 0 unspecified atom stereocenters. The Balaban J connectivity index is 1.73. The number of nitrogens with zero attached hydrogens (tertiary/aromatic N) is 3. The van der Waals surface area contributed by atoms with Gasteiger partial charge in [0.1, 0.15) is 0 Å². The van der Waals surface area contributed by atoms with E-state index in [2.05, 4.69) is 22.1 Å². The quantitative estimate of drug-likeness (QED) is 0.396. The predicted molar refractivity (Wildman–Crippen MR) is 116 cm³/mol. The molecule has 0 atom stereocenters. The molecule has 0 saturated carbocycles. The standard InChI is InChI=1S/C20H18Cl2N4OS/c1-3-10-26-19(14-6-9-16(21)17(22)11-14)24-25-20(26)28-12-18(27)23-15-7-4-13(2)5-8-15/h3-9,11H,1,10,12H2,2H3,(H,23,27). The van der Waals surface area contributed by atoms with E-state index in [9.17, 15) is 4.79 Å². The van der Waals surface area contributed by atoms with Crippen molar-refractivity contribution in [3.63, 3.8) is 0 Å². The zero-order valence-electron chi connectivity index (χ0n) is 15.2. The molecule has 0 aliphatic heterocycles. The number of hydrogen-bond donors (Lipinski definition) is 1. The lowest BCUT2D eigenvalue weighted by atomic mass is 10.2. The number of benzene rings is 2. The highest BCUT2D eigenvalue weighted by Gasteiger charge is 2.16. The van der Waals surface area contributed by atoms with Crippen molar-refractivity contribution in [2.45, 2.75) is 18.6 Å². The zero-order valence-corrected chi connectivity index (χ0v) is 17.5. The molecule has 0 saturated heterocycles.